The lowest BCUT2D eigenvalue weighted by molar-refractivity contribution is -0.189. The number of fused-ring (bicyclic) bond motifs is 3. The van der Waals surface area contributed by atoms with Gasteiger partial charge in [-0.25, -0.2) is 0 Å². The summed E-state index contributed by atoms with van der Waals surface area (Å²) in [5, 5.41) is 32.6. The quantitative estimate of drug-likeness (QED) is 0.124. The van der Waals surface area contributed by atoms with E-state index in [-0.39, 0.29) is 22.5 Å². The van der Waals surface area contributed by atoms with Crippen LogP contribution >= 0.6 is 0 Å². The third-order valence-electron chi connectivity index (χ3n) is 7.01. The minimum atomic E-state index is -2.96. The Morgan fingerprint density at radius 1 is 1.13 bits per heavy atom. The van der Waals surface area contributed by atoms with Crippen molar-refractivity contribution in [2.24, 2.45) is 29.4 Å². The molecule has 0 heterocycles. The molecule has 0 radical (unpaired) electrons. The van der Waals surface area contributed by atoms with Gasteiger partial charge in [-0.05, 0) is 17.5 Å². The number of carbonyl (C=O) groups is 5. The van der Waals surface area contributed by atoms with E-state index in [4.69, 9.17) is 17.2 Å². The highest BCUT2D eigenvalue weighted by Gasteiger charge is 2.70. The molecule has 164 valence electrons. The van der Waals surface area contributed by atoms with Crippen LogP contribution in [0, 0.1) is 23.7 Å². The Morgan fingerprint density at radius 2 is 1.74 bits per heavy atom. The molecule has 9 N–H and O–H groups in total. The van der Waals surface area contributed by atoms with Gasteiger partial charge in [-0.1, -0.05) is 6.92 Å². The van der Waals surface area contributed by atoms with Gasteiger partial charge in [-0.15, -0.1) is 0 Å². The number of phenolic OH excluding ortho intramolecular Hbond substituents is 1. The molecule has 0 aromatic heterocycles. The van der Waals surface area contributed by atoms with Gasteiger partial charge in [0.1, 0.15) is 5.75 Å². The van der Waals surface area contributed by atoms with E-state index in [0.29, 0.717) is 0 Å². The van der Waals surface area contributed by atoms with E-state index in [1.54, 1.807) is 6.92 Å². The number of amides is 1. The Morgan fingerprint density at radius 3 is 2.32 bits per heavy atom. The van der Waals surface area contributed by atoms with Gasteiger partial charge < -0.3 is 32.5 Å². The predicted molar refractivity (Wildman–Crippen MR) is 103 cm³/mol. The molecule has 3 aliphatic carbocycles. The van der Waals surface area contributed by atoms with Gasteiger partial charge >= 0.3 is 0 Å². The molecule has 11 heteroatoms. The molecule has 0 aliphatic heterocycles. The van der Waals surface area contributed by atoms with Crippen molar-refractivity contribution in [1.82, 2.24) is 0 Å². The van der Waals surface area contributed by atoms with Crippen LogP contribution in [-0.4, -0.2) is 56.1 Å². The number of anilines is 2. The lowest BCUT2D eigenvalue weighted by atomic mass is 9.50. The molecule has 2 fully saturated rings. The van der Waals surface area contributed by atoms with Gasteiger partial charge in [0.25, 0.3) is 0 Å². The maximum atomic E-state index is 13.4. The fourth-order valence-corrected chi connectivity index (χ4v) is 5.56. The van der Waals surface area contributed by atoms with Crippen molar-refractivity contribution in [3.63, 3.8) is 0 Å². The number of nitrogens with two attached hydrogens (primary N) is 3. The summed E-state index contributed by atoms with van der Waals surface area (Å²) in [4.78, 5) is 63.5. The SMILES string of the molecule is C[C@@H]1c2c(N)cc(N)c(O)c2C(=O)C2C(=O)[C@]3(O)C(=O)C(C(N)=O)C(=O)C[C@@H]3[C@@H](O)[C@@H]21. The molecule has 31 heavy (non-hydrogen) atoms. The molecule has 0 bridgehead atoms. The lowest BCUT2D eigenvalue weighted by Gasteiger charge is -2.53. The van der Waals surface area contributed by atoms with Crippen LogP contribution in [-0.2, 0) is 19.2 Å². The Balaban J connectivity index is 1.93. The third-order valence-corrected chi connectivity index (χ3v) is 7.01. The summed E-state index contributed by atoms with van der Waals surface area (Å²) in [6.45, 7) is 1.56. The van der Waals surface area contributed by atoms with Gasteiger partial charge in [-0.2, -0.15) is 0 Å². The smallest absolute Gasteiger partial charge is 0.235 e. The van der Waals surface area contributed by atoms with Crippen LogP contribution in [0.4, 0.5) is 11.4 Å². The van der Waals surface area contributed by atoms with Crippen LogP contribution < -0.4 is 17.2 Å². The lowest BCUT2D eigenvalue weighted by Crippen LogP contribution is -2.72. The highest BCUT2D eigenvalue weighted by molar-refractivity contribution is 6.31. The maximum Gasteiger partial charge on any atom is 0.235 e. The van der Waals surface area contributed by atoms with E-state index in [1.807, 2.05) is 0 Å². The summed E-state index contributed by atoms with van der Waals surface area (Å²) >= 11 is 0. The third kappa shape index (κ3) is 2.38. The second-order valence-corrected chi connectivity index (χ2v) is 8.50. The molecule has 1 aromatic rings. The van der Waals surface area contributed by atoms with E-state index < -0.39 is 82.5 Å². The van der Waals surface area contributed by atoms with Gasteiger partial charge in [0, 0.05) is 23.9 Å². The fourth-order valence-electron chi connectivity index (χ4n) is 5.56. The number of aliphatic hydroxyl groups excluding tert-OH is 1. The number of hydrogen-bond donors (Lipinski definition) is 6. The minimum absolute atomic E-state index is 0.0645. The average Bonchev–Trinajstić information content (AvgIpc) is 2.67. The van der Waals surface area contributed by atoms with Crippen molar-refractivity contribution in [2.75, 3.05) is 11.5 Å². The Kier molecular flexibility index (Phi) is 4.29. The molecule has 0 saturated heterocycles. The first kappa shape index (κ1) is 20.9. The first-order valence-corrected chi connectivity index (χ1v) is 9.61. The Labute approximate surface area is 175 Å². The summed E-state index contributed by atoms with van der Waals surface area (Å²) in [6, 6.07) is 1.25. The Bertz CT molecular complexity index is 1100. The topological polar surface area (TPSA) is 224 Å². The minimum Gasteiger partial charge on any atom is -0.505 e. The van der Waals surface area contributed by atoms with Crippen molar-refractivity contribution in [3.8, 4) is 5.75 Å². The highest BCUT2D eigenvalue weighted by atomic mass is 16.3. The van der Waals surface area contributed by atoms with Gasteiger partial charge in [0.2, 0.25) is 5.91 Å². The standard InChI is InChI=1S/C20H21N3O8/c1-4-9-6(21)3-7(22)15(26)12(9)16(27)13-10(4)14(25)5-2-8(24)11(19(23)30)17(28)20(5,31)18(13)29/h3-5,10-11,13-14,25-26,31H,2,21-22H2,1H3,(H2,23,30)/t4-,5-,10-,11?,13?,14-,20-/m1/s1. The zero-order valence-corrected chi connectivity index (χ0v) is 16.4. The molecule has 2 unspecified atom stereocenters. The number of primary amides is 1. The average molecular weight is 431 g/mol. The predicted octanol–water partition coefficient (Wildman–Crippen LogP) is -1.98. The Hall–Kier alpha value is -3.31. The summed E-state index contributed by atoms with van der Waals surface area (Å²) in [6.07, 6.45) is -2.29. The number of benzene rings is 1. The van der Waals surface area contributed by atoms with Crippen LogP contribution in [0.3, 0.4) is 0 Å². The van der Waals surface area contributed by atoms with Gasteiger partial charge in [-0.3, -0.25) is 24.0 Å². The largest absolute Gasteiger partial charge is 0.505 e. The van der Waals surface area contributed by atoms with Crippen molar-refractivity contribution >= 4 is 40.4 Å². The maximum absolute atomic E-state index is 13.4. The van der Waals surface area contributed by atoms with Gasteiger partial charge in [0.05, 0.1) is 23.3 Å². The number of rotatable bonds is 1. The molecule has 3 aliphatic rings. The molecule has 11 nitrogen and oxygen atoms in total. The van der Waals surface area contributed by atoms with Crippen LogP contribution in [0.1, 0.15) is 35.2 Å². The summed E-state index contributed by atoms with van der Waals surface area (Å²) < 4.78 is 0. The molecular weight excluding hydrogens is 410 g/mol. The second kappa shape index (κ2) is 6.34. The first-order valence-electron chi connectivity index (χ1n) is 9.61. The summed E-state index contributed by atoms with van der Waals surface area (Å²) in [7, 11) is 0. The number of carbonyl (C=O) groups excluding carboxylic acids is 5. The molecule has 1 aromatic carbocycles. The summed E-state index contributed by atoms with van der Waals surface area (Å²) in [5.41, 5.74) is 13.6. The van der Waals surface area contributed by atoms with Crippen molar-refractivity contribution in [2.45, 2.75) is 31.0 Å². The van der Waals surface area contributed by atoms with Crippen molar-refractivity contribution in [3.05, 3.63) is 17.2 Å². The zero-order chi connectivity index (χ0) is 23.2. The monoisotopic (exact) mass is 431 g/mol. The fraction of sp³-hybridized carbons (Fsp3) is 0.450. The highest BCUT2D eigenvalue weighted by Crippen LogP contribution is 2.55. The second-order valence-electron chi connectivity index (χ2n) is 8.50. The zero-order valence-electron chi connectivity index (χ0n) is 16.4. The van der Waals surface area contributed by atoms with E-state index in [9.17, 15) is 39.3 Å². The molecule has 4 rings (SSSR count). The number of nitrogen functional groups attached to an aromatic ring is 2. The number of phenols is 1. The number of aromatic hydroxyl groups is 1. The number of Topliss-reactive ketones (excluding diaryl/α,β-unsaturated/α-hetero) is 4. The molecule has 2 saturated carbocycles. The number of ketones is 4. The van der Waals surface area contributed by atoms with Crippen LogP contribution in [0.5, 0.6) is 5.75 Å². The van der Waals surface area contributed by atoms with Crippen LogP contribution in [0.25, 0.3) is 0 Å². The van der Waals surface area contributed by atoms with E-state index >= 15 is 0 Å². The number of hydrogen-bond acceptors (Lipinski definition) is 10. The summed E-state index contributed by atoms with van der Waals surface area (Å²) in [5.74, 6) is -13.8. The molecular formula is C20H21N3O8. The van der Waals surface area contributed by atoms with Crippen LogP contribution in [0.2, 0.25) is 0 Å². The first-order chi connectivity index (χ1) is 14.3. The molecule has 7 atom stereocenters. The van der Waals surface area contributed by atoms with E-state index in [0.717, 1.165) is 0 Å². The number of aliphatic hydroxyl groups is 2. The normalized spacial score (nSPS) is 37.1. The van der Waals surface area contributed by atoms with E-state index in [1.165, 1.54) is 6.07 Å². The van der Waals surface area contributed by atoms with Gasteiger partial charge in [0.15, 0.2) is 34.7 Å². The van der Waals surface area contributed by atoms with E-state index in [2.05, 4.69) is 0 Å². The van der Waals surface area contributed by atoms with Crippen LogP contribution in [0.15, 0.2) is 6.07 Å². The van der Waals surface area contributed by atoms with Crippen molar-refractivity contribution < 1.29 is 39.3 Å². The van der Waals surface area contributed by atoms with Crippen molar-refractivity contribution in [1.29, 1.82) is 0 Å². The molecule has 0 spiro atoms. The molecule has 1 amide bonds.